The van der Waals surface area contributed by atoms with Crippen LogP contribution in [0.25, 0.3) is 0 Å². The maximum absolute atomic E-state index is 13.2. The molecule has 2 aromatic rings. The molecule has 44 heavy (non-hydrogen) atoms. The molecule has 6 N–H and O–H groups in total. The number of benzene rings is 2. The van der Waals surface area contributed by atoms with Crippen LogP contribution in [-0.2, 0) is 37.4 Å². The van der Waals surface area contributed by atoms with Crippen molar-refractivity contribution in [3.63, 3.8) is 0 Å². The van der Waals surface area contributed by atoms with E-state index in [4.69, 9.17) is 5.73 Å². The number of unbranched alkanes of at least 4 members (excludes halogenated alkanes) is 1. The van der Waals surface area contributed by atoms with E-state index in [1.54, 1.807) is 24.3 Å². The Labute approximate surface area is 260 Å². The molecule has 0 aromatic heterocycles. The number of phenolic OH excluding ortho intramolecular Hbond substituents is 1. The Morgan fingerprint density at radius 3 is 2.20 bits per heavy atom. The summed E-state index contributed by atoms with van der Waals surface area (Å²) >= 11 is 0. The molecule has 10 nitrogen and oxygen atoms in total. The summed E-state index contributed by atoms with van der Waals surface area (Å²) in [5.74, 6) is -1.80. The van der Waals surface area contributed by atoms with Gasteiger partial charge in [-0.15, -0.1) is 0 Å². The van der Waals surface area contributed by atoms with Crippen LogP contribution < -0.4 is 21.7 Å². The van der Waals surface area contributed by atoms with Crippen LogP contribution in [0.2, 0.25) is 0 Å². The predicted octanol–water partition coefficient (Wildman–Crippen LogP) is 2.70. The zero-order valence-electron chi connectivity index (χ0n) is 26.5. The molecule has 0 saturated heterocycles. The van der Waals surface area contributed by atoms with Gasteiger partial charge in [0, 0.05) is 33.0 Å². The molecule has 0 bridgehead atoms. The van der Waals surface area contributed by atoms with Gasteiger partial charge in [-0.05, 0) is 59.6 Å². The fraction of sp³-hybridized carbons (Fsp3) is 0.515. The molecule has 0 spiro atoms. The third kappa shape index (κ3) is 12.3. The number of amides is 4. The number of nitrogens with zero attached hydrogens (tertiary/aromatic N) is 1. The van der Waals surface area contributed by atoms with Crippen molar-refractivity contribution in [2.75, 3.05) is 26.7 Å². The van der Waals surface area contributed by atoms with Gasteiger partial charge in [-0.1, -0.05) is 58.4 Å². The van der Waals surface area contributed by atoms with Crippen molar-refractivity contribution in [2.45, 2.75) is 83.7 Å². The number of carbonyl (C=O) groups excluding carboxylic acids is 4. The topological polar surface area (TPSA) is 154 Å². The van der Waals surface area contributed by atoms with E-state index in [1.165, 1.54) is 24.1 Å². The van der Waals surface area contributed by atoms with Crippen LogP contribution in [-0.4, -0.2) is 72.4 Å². The SMILES string of the molecule is CCCCNC(=O)CCCNC(=O)C(Cc1ccc(O)c(C(C)(C)C)c1)NC(=O)CN(C)C(=O)C(N)Cc1ccc(F)cc1. The standard InChI is InChI=1S/C33H48FN5O5/c1-6-7-16-36-29(41)9-8-17-37-31(43)27(20-23-12-15-28(40)25(18-23)33(2,3)4)38-30(42)21-39(5)32(44)26(35)19-22-10-13-24(34)14-11-22/h10-15,18,26-27,40H,6-9,16-17,19-21,35H2,1-5H3,(H,36,41)(H,37,43)(H,38,42). The number of hydrogen-bond donors (Lipinski definition) is 5. The minimum absolute atomic E-state index is 0.0818. The average molecular weight is 614 g/mol. The lowest BCUT2D eigenvalue weighted by Gasteiger charge is -2.24. The van der Waals surface area contributed by atoms with E-state index in [0.29, 0.717) is 24.1 Å². The van der Waals surface area contributed by atoms with E-state index in [1.807, 2.05) is 33.8 Å². The van der Waals surface area contributed by atoms with Gasteiger partial charge in [-0.25, -0.2) is 4.39 Å². The third-order valence-electron chi connectivity index (χ3n) is 7.14. The maximum atomic E-state index is 13.2. The first-order valence-corrected chi connectivity index (χ1v) is 15.1. The first-order valence-electron chi connectivity index (χ1n) is 15.1. The second kappa shape index (κ2) is 17.3. The summed E-state index contributed by atoms with van der Waals surface area (Å²) in [4.78, 5) is 52.3. The van der Waals surface area contributed by atoms with Crippen LogP contribution in [0.1, 0.15) is 70.1 Å². The van der Waals surface area contributed by atoms with E-state index < -0.39 is 35.6 Å². The monoisotopic (exact) mass is 613 g/mol. The zero-order chi connectivity index (χ0) is 32.9. The molecular formula is C33H48FN5O5. The van der Waals surface area contributed by atoms with Crippen molar-refractivity contribution in [1.82, 2.24) is 20.9 Å². The summed E-state index contributed by atoms with van der Waals surface area (Å²) in [7, 11) is 1.45. The van der Waals surface area contributed by atoms with Gasteiger partial charge in [0.1, 0.15) is 17.6 Å². The molecule has 2 aromatic carbocycles. The van der Waals surface area contributed by atoms with Crippen molar-refractivity contribution < 1.29 is 28.7 Å². The Bertz CT molecular complexity index is 1260. The van der Waals surface area contributed by atoms with Crippen LogP contribution in [0.5, 0.6) is 5.75 Å². The van der Waals surface area contributed by atoms with Crippen LogP contribution in [0.15, 0.2) is 42.5 Å². The van der Waals surface area contributed by atoms with Gasteiger partial charge in [-0.2, -0.15) is 0 Å². The number of nitrogens with two attached hydrogens (primary N) is 1. The van der Waals surface area contributed by atoms with E-state index in [-0.39, 0.29) is 49.4 Å². The number of phenols is 1. The number of hydrogen-bond acceptors (Lipinski definition) is 6. The molecule has 2 rings (SSSR count). The van der Waals surface area contributed by atoms with E-state index >= 15 is 0 Å². The lowest BCUT2D eigenvalue weighted by Crippen LogP contribution is -2.52. The summed E-state index contributed by atoms with van der Waals surface area (Å²) < 4.78 is 13.2. The molecule has 0 aliphatic rings. The summed E-state index contributed by atoms with van der Waals surface area (Å²) in [5, 5.41) is 18.7. The summed E-state index contributed by atoms with van der Waals surface area (Å²) in [6.07, 6.45) is 2.89. The van der Waals surface area contributed by atoms with Crippen molar-refractivity contribution in [3.05, 3.63) is 65.0 Å². The Balaban J connectivity index is 2.07. The highest BCUT2D eigenvalue weighted by atomic mass is 19.1. The predicted molar refractivity (Wildman–Crippen MR) is 168 cm³/mol. The number of carbonyl (C=O) groups is 4. The molecule has 0 aliphatic carbocycles. The van der Waals surface area contributed by atoms with Gasteiger partial charge in [0.15, 0.2) is 0 Å². The van der Waals surface area contributed by atoms with Gasteiger partial charge in [-0.3, -0.25) is 19.2 Å². The first kappa shape index (κ1) is 36.2. The van der Waals surface area contributed by atoms with Gasteiger partial charge < -0.3 is 31.7 Å². The van der Waals surface area contributed by atoms with E-state index in [2.05, 4.69) is 16.0 Å². The lowest BCUT2D eigenvalue weighted by atomic mass is 9.84. The number of halogens is 1. The molecule has 242 valence electrons. The Hall–Kier alpha value is -3.99. The summed E-state index contributed by atoms with van der Waals surface area (Å²) in [6.45, 7) is 8.46. The fourth-order valence-corrected chi connectivity index (χ4v) is 4.61. The third-order valence-corrected chi connectivity index (χ3v) is 7.14. The lowest BCUT2D eigenvalue weighted by molar-refractivity contribution is -0.136. The van der Waals surface area contributed by atoms with Crippen LogP contribution >= 0.6 is 0 Å². The molecule has 2 unspecified atom stereocenters. The molecule has 0 fully saturated rings. The normalized spacial score (nSPS) is 12.6. The molecule has 2 atom stereocenters. The molecule has 0 aliphatic heterocycles. The van der Waals surface area contributed by atoms with E-state index in [0.717, 1.165) is 18.4 Å². The van der Waals surface area contributed by atoms with Gasteiger partial charge in [0.25, 0.3) is 0 Å². The minimum atomic E-state index is -0.977. The summed E-state index contributed by atoms with van der Waals surface area (Å²) in [6, 6.07) is 8.83. The highest BCUT2D eigenvalue weighted by Crippen LogP contribution is 2.31. The highest BCUT2D eigenvalue weighted by Gasteiger charge is 2.26. The Morgan fingerprint density at radius 1 is 0.932 bits per heavy atom. The number of aromatic hydroxyl groups is 1. The van der Waals surface area contributed by atoms with Gasteiger partial charge in [0.05, 0.1) is 12.6 Å². The smallest absolute Gasteiger partial charge is 0.242 e. The number of rotatable bonds is 16. The second-order valence-corrected chi connectivity index (χ2v) is 12.2. The quantitative estimate of drug-likeness (QED) is 0.184. The summed E-state index contributed by atoms with van der Waals surface area (Å²) in [5.41, 5.74) is 7.84. The van der Waals surface area contributed by atoms with Crippen molar-refractivity contribution in [2.24, 2.45) is 5.73 Å². The van der Waals surface area contributed by atoms with Crippen LogP contribution in [0.3, 0.4) is 0 Å². The van der Waals surface area contributed by atoms with Crippen molar-refractivity contribution in [1.29, 1.82) is 0 Å². The zero-order valence-corrected chi connectivity index (χ0v) is 26.5. The van der Waals surface area contributed by atoms with Crippen molar-refractivity contribution >= 4 is 23.6 Å². The number of nitrogens with one attached hydrogen (secondary N) is 3. The first-order chi connectivity index (χ1) is 20.7. The number of likely N-dealkylation sites (N-methyl/N-ethyl adjacent to an activating group) is 1. The Morgan fingerprint density at radius 2 is 1.57 bits per heavy atom. The largest absolute Gasteiger partial charge is 0.508 e. The average Bonchev–Trinajstić information content (AvgIpc) is 2.96. The molecule has 11 heteroatoms. The second-order valence-electron chi connectivity index (χ2n) is 12.2. The maximum Gasteiger partial charge on any atom is 0.242 e. The molecule has 0 saturated carbocycles. The molecule has 0 heterocycles. The highest BCUT2D eigenvalue weighted by molar-refractivity contribution is 5.91. The fourth-order valence-electron chi connectivity index (χ4n) is 4.61. The van der Waals surface area contributed by atoms with E-state index in [9.17, 15) is 28.7 Å². The van der Waals surface area contributed by atoms with Crippen LogP contribution in [0, 0.1) is 5.82 Å². The molecular weight excluding hydrogens is 565 g/mol. The minimum Gasteiger partial charge on any atom is -0.508 e. The molecule has 4 amide bonds. The van der Waals surface area contributed by atoms with Gasteiger partial charge >= 0.3 is 0 Å². The van der Waals surface area contributed by atoms with Crippen molar-refractivity contribution in [3.8, 4) is 5.75 Å². The van der Waals surface area contributed by atoms with Crippen LogP contribution in [0.4, 0.5) is 4.39 Å². The molecule has 0 radical (unpaired) electrons. The van der Waals surface area contributed by atoms with Gasteiger partial charge in [0.2, 0.25) is 23.6 Å². The Kier molecular flexibility index (Phi) is 14.3.